The molecule has 1 heteroatoms. The van der Waals surface area contributed by atoms with Crippen molar-refractivity contribution >= 4 is 13.9 Å². The summed E-state index contributed by atoms with van der Waals surface area (Å²) in [6, 6.07) is 6.94. The van der Waals surface area contributed by atoms with Gasteiger partial charge < -0.3 is 0 Å². The van der Waals surface area contributed by atoms with Gasteiger partial charge in [-0.25, -0.2) is 0 Å². The van der Waals surface area contributed by atoms with Crippen molar-refractivity contribution in [2.75, 3.05) is 0 Å². The number of hydrogen-bond acceptors (Lipinski definition) is 0. The largest absolute Gasteiger partial charge is 0.0827 e. The van der Waals surface area contributed by atoms with Gasteiger partial charge in [0.05, 0.1) is 0 Å². The maximum Gasteiger partial charge on any atom is 0.00518 e. The average Bonchev–Trinajstić information content (AvgIpc) is 2.23. The van der Waals surface area contributed by atoms with Gasteiger partial charge in [-0.15, -0.1) is 0 Å². The summed E-state index contributed by atoms with van der Waals surface area (Å²) in [7, 11) is 0.881. The van der Waals surface area contributed by atoms with E-state index in [0.717, 1.165) is 8.58 Å². The van der Waals surface area contributed by atoms with Crippen LogP contribution in [-0.2, 0) is 0 Å². The Morgan fingerprint density at radius 2 is 1.56 bits per heavy atom. The van der Waals surface area contributed by atoms with Crippen LogP contribution in [-0.4, -0.2) is 5.66 Å². The smallest absolute Gasteiger partial charge is 0.00518 e. The standard InChI is InChI=1S/C17H23P/c1-11-6-12(2)9-16(8-11)18-17-10-13(3)7-14(4)15(17)5/h6-10,15,17-18H,1-5H3. The lowest BCUT2D eigenvalue weighted by molar-refractivity contribution is 0.694. The summed E-state index contributed by atoms with van der Waals surface area (Å²) in [4.78, 5) is 0. The van der Waals surface area contributed by atoms with Crippen LogP contribution in [0.2, 0.25) is 0 Å². The van der Waals surface area contributed by atoms with Crippen LogP contribution in [0.15, 0.2) is 41.5 Å². The van der Waals surface area contributed by atoms with E-state index >= 15 is 0 Å². The number of rotatable bonds is 2. The molecular weight excluding hydrogens is 235 g/mol. The monoisotopic (exact) mass is 258 g/mol. The lowest BCUT2D eigenvalue weighted by atomic mass is 9.91. The zero-order valence-electron chi connectivity index (χ0n) is 12.0. The van der Waals surface area contributed by atoms with Gasteiger partial charge in [0.25, 0.3) is 0 Å². The van der Waals surface area contributed by atoms with Gasteiger partial charge in [0.15, 0.2) is 0 Å². The highest BCUT2D eigenvalue weighted by molar-refractivity contribution is 7.48. The van der Waals surface area contributed by atoms with Crippen molar-refractivity contribution in [2.24, 2.45) is 5.92 Å². The van der Waals surface area contributed by atoms with E-state index < -0.39 is 0 Å². The molecule has 3 atom stereocenters. The Balaban J connectivity index is 2.21. The molecule has 1 aliphatic rings. The second kappa shape index (κ2) is 5.41. The van der Waals surface area contributed by atoms with Gasteiger partial charge in [-0.1, -0.05) is 68.1 Å². The molecule has 2 rings (SSSR count). The molecule has 0 radical (unpaired) electrons. The van der Waals surface area contributed by atoms with E-state index in [0.29, 0.717) is 11.6 Å². The summed E-state index contributed by atoms with van der Waals surface area (Å²) >= 11 is 0. The molecule has 1 aliphatic carbocycles. The molecule has 0 nitrogen and oxygen atoms in total. The minimum atomic E-state index is 0.674. The number of hydrogen-bond donors (Lipinski definition) is 0. The highest BCUT2D eigenvalue weighted by Crippen LogP contribution is 2.35. The Kier molecular flexibility index (Phi) is 4.07. The Morgan fingerprint density at radius 1 is 0.944 bits per heavy atom. The van der Waals surface area contributed by atoms with E-state index in [9.17, 15) is 0 Å². The van der Waals surface area contributed by atoms with Crippen LogP contribution < -0.4 is 5.30 Å². The first-order chi connectivity index (χ1) is 8.45. The zero-order chi connectivity index (χ0) is 13.3. The molecule has 96 valence electrons. The van der Waals surface area contributed by atoms with Crippen LogP contribution in [0, 0.1) is 19.8 Å². The number of benzene rings is 1. The molecule has 0 aliphatic heterocycles. The van der Waals surface area contributed by atoms with Crippen molar-refractivity contribution < 1.29 is 0 Å². The number of aryl methyl sites for hydroxylation is 2. The fraction of sp³-hybridized carbons (Fsp3) is 0.412. The van der Waals surface area contributed by atoms with Crippen LogP contribution >= 0.6 is 8.58 Å². The predicted octanol–water partition coefficient (Wildman–Crippen LogP) is 4.52. The van der Waals surface area contributed by atoms with Crippen molar-refractivity contribution in [3.05, 3.63) is 52.6 Å². The molecule has 0 saturated carbocycles. The Hall–Kier alpha value is -0.870. The number of allylic oxidation sites excluding steroid dienone is 4. The van der Waals surface area contributed by atoms with Crippen molar-refractivity contribution in [1.29, 1.82) is 0 Å². The quantitative estimate of drug-likeness (QED) is 0.684. The molecule has 0 N–H and O–H groups in total. The van der Waals surface area contributed by atoms with Crippen LogP contribution in [0.25, 0.3) is 0 Å². The fourth-order valence-corrected chi connectivity index (χ4v) is 4.53. The van der Waals surface area contributed by atoms with E-state index in [4.69, 9.17) is 0 Å². The topological polar surface area (TPSA) is 0 Å². The van der Waals surface area contributed by atoms with E-state index in [1.165, 1.54) is 27.6 Å². The van der Waals surface area contributed by atoms with Crippen LogP contribution in [0.4, 0.5) is 0 Å². The fourth-order valence-electron chi connectivity index (χ4n) is 2.67. The Morgan fingerprint density at radius 3 is 2.17 bits per heavy atom. The van der Waals surface area contributed by atoms with Gasteiger partial charge in [0, 0.05) is 5.66 Å². The second-order valence-electron chi connectivity index (χ2n) is 5.63. The lowest BCUT2D eigenvalue weighted by Gasteiger charge is -2.26. The summed E-state index contributed by atoms with van der Waals surface area (Å²) in [6.07, 6.45) is 4.78. The maximum atomic E-state index is 2.45. The lowest BCUT2D eigenvalue weighted by Crippen LogP contribution is -2.18. The SMILES string of the molecule is CC1=CC(Pc2cc(C)cc(C)c2)C(C)C(C)=C1. The minimum absolute atomic E-state index is 0.674. The van der Waals surface area contributed by atoms with Gasteiger partial charge in [-0.2, -0.15) is 0 Å². The first kappa shape index (κ1) is 13.6. The van der Waals surface area contributed by atoms with Crippen LogP contribution in [0.3, 0.4) is 0 Å². The van der Waals surface area contributed by atoms with Crippen LogP contribution in [0.5, 0.6) is 0 Å². The first-order valence-corrected chi connectivity index (χ1v) is 7.75. The average molecular weight is 258 g/mol. The second-order valence-corrected chi connectivity index (χ2v) is 7.17. The van der Waals surface area contributed by atoms with Crippen LogP contribution in [0.1, 0.15) is 31.9 Å². The molecule has 0 aromatic heterocycles. The third-order valence-electron chi connectivity index (χ3n) is 3.71. The normalized spacial score (nSPS) is 24.3. The van der Waals surface area contributed by atoms with Gasteiger partial charge in [-0.05, 0) is 38.9 Å². The summed E-state index contributed by atoms with van der Waals surface area (Å²) in [5.41, 5.74) is 6.39. The van der Waals surface area contributed by atoms with Gasteiger partial charge in [0.2, 0.25) is 0 Å². The Labute approximate surface area is 113 Å². The van der Waals surface area contributed by atoms with Crippen molar-refractivity contribution in [3.63, 3.8) is 0 Å². The molecule has 3 unspecified atom stereocenters. The zero-order valence-corrected chi connectivity index (χ0v) is 13.0. The summed E-state index contributed by atoms with van der Waals surface area (Å²) in [6.45, 7) is 11.2. The highest BCUT2D eigenvalue weighted by atomic mass is 31.1. The van der Waals surface area contributed by atoms with Crippen molar-refractivity contribution in [2.45, 2.75) is 40.3 Å². The van der Waals surface area contributed by atoms with Crippen molar-refractivity contribution in [1.82, 2.24) is 0 Å². The summed E-state index contributed by atoms with van der Waals surface area (Å²) in [5.74, 6) is 0.674. The van der Waals surface area contributed by atoms with E-state index in [1.807, 2.05) is 0 Å². The molecule has 0 saturated heterocycles. The predicted molar refractivity (Wildman–Crippen MR) is 84.3 cm³/mol. The molecule has 0 amide bonds. The summed E-state index contributed by atoms with van der Waals surface area (Å²) < 4.78 is 0. The minimum Gasteiger partial charge on any atom is -0.0827 e. The summed E-state index contributed by atoms with van der Waals surface area (Å²) in [5, 5.41) is 1.50. The van der Waals surface area contributed by atoms with Crippen molar-refractivity contribution in [3.8, 4) is 0 Å². The van der Waals surface area contributed by atoms with Gasteiger partial charge in [0.1, 0.15) is 0 Å². The maximum absolute atomic E-state index is 2.45. The molecule has 0 heterocycles. The molecule has 1 aromatic carbocycles. The van der Waals surface area contributed by atoms with E-state index in [-0.39, 0.29) is 0 Å². The molecule has 0 spiro atoms. The molecular formula is C17H23P. The van der Waals surface area contributed by atoms with Gasteiger partial charge in [-0.3, -0.25) is 0 Å². The molecule has 18 heavy (non-hydrogen) atoms. The first-order valence-electron chi connectivity index (χ1n) is 6.67. The third kappa shape index (κ3) is 3.12. The molecule has 0 bridgehead atoms. The molecule has 0 fully saturated rings. The van der Waals surface area contributed by atoms with Gasteiger partial charge >= 0.3 is 0 Å². The third-order valence-corrected chi connectivity index (χ3v) is 5.33. The van der Waals surface area contributed by atoms with E-state index in [2.05, 4.69) is 65.0 Å². The highest BCUT2D eigenvalue weighted by Gasteiger charge is 2.20. The Bertz CT molecular complexity index is 488. The molecule has 1 aromatic rings. The van der Waals surface area contributed by atoms with E-state index in [1.54, 1.807) is 0 Å².